The van der Waals surface area contributed by atoms with Crippen molar-refractivity contribution in [3.8, 4) is 5.69 Å². The molecule has 0 unspecified atom stereocenters. The molecule has 1 aliphatic rings. The maximum atomic E-state index is 13.3. The van der Waals surface area contributed by atoms with Crippen LogP contribution in [0.3, 0.4) is 0 Å². The van der Waals surface area contributed by atoms with Crippen LogP contribution in [0.25, 0.3) is 5.69 Å². The predicted octanol–water partition coefficient (Wildman–Crippen LogP) is 4.26. The first-order valence-electron chi connectivity index (χ1n) is 12.3. The minimum Gasteiger partial charge on any atom is -0.741 e. The Morgan fingerprint density at radius 1 is 0.925 bits per heavy atom. The Hall–Kier alpha value is -3.98. The summed E-state index contributed by atoms with van der Waals surface area (Å²) in [7, 11) is -6.09. The van der Waals surface area contributed by atoms with Crippen LogP contribution in [0.1, 0.15) is 77.6 Å². The molecule has 0 radical (unpaired) electrons. The molecule has 0 atom stereocenters. The molecule has 214 valence electrons. The van der Waals surface area contributed by atoms with Gasteiger partial charge in [0.25, 0.3) is 11.4 Å². The van der Waals surface area contributed by atoms with Gasteiger partial charge in [0.05, 0.1) is 10.1 Å². The number of carbonyl (C=O) groups is 2. The molecule has 1 heterocycles. The van der Waals surface area contributed by atoms with Crippen LogP contribution in [0.2, 0.25) is 0 Å². The summed E-state index contributed by atoms with van der Waals surface area (Å²) in [5.41, 5.74) is -4.00. The number of non-ortho nitro benzene ring substituents is 1. The van der Waals surface area contributed by atoms with Crippen molar-refractivity contribution >= 4 is 27.4 Å². The average Bonchev–Trinajstić information content (AvgIpc) is 3.28. The fourth-order valence-corrected chi connectivity index (χ4v) is 4.08. The van der Waals surface area contributed by atoms with Crippen molar-refractivity contribution in [1.29, 1.82) is 0 Å². The molecule has 0 fully saturated rings. The Kier molecular flexibility index (Phi) is 9.52. The number of unbranched alkanes of at least 4 members (excludes halogenated alkanes) is 5. The molecular weight excluding hydrogens is 557 g/mol. The van der Waals surface area contributed by atoms with Crippen LogP contribution in [-0.4, -0.2) is 44.9 Å². The Morgan fingerprint density at radius 3 is 1.98 bits per heavy atom. The highest BCUT2D eigenvalue weighted by Crippen LogP contribution is 2.27. The Balaban J connectivity index is 0.000000482. The third-order valence-corrected chi connectivity index (χ3v) is 6.62. The van der Waals surface area contributed by atoms with Crippen LogP contribution < -0.4 is 4.68 Å². The maximum Gasteiger partial charge on any atom is 0.485 e. The Morgan fingerprint density at radius 2 is 1.45 bits per heavy atom. The number of fused-ring (bicyclic) bond motifs is 2. The van der Waals surface area contributed by atoms with Gasteiger partial charge in [0.1, 0.15) is 6.54 Å². The quantitative estimate of drug-likeness (QED) is 0.0708. The van der Waals surface area contributed by atoms with Crippen LogP contribution >= 0.6 is 0 Å². The molecule has 1 aliphatic carbocycles. The van der Waals surface area contributed by atoms with Gasteiger partial charge in [-0.25, -0.2) is 8.42 Å². The number of nitro groups is 1. The van der Waals surface area contributed by atoms with Gasteiger partial charge in [-0.1, -0.05) is 61.6 Å². The Labute approximate surface area is 227 Å². The van der Waals surface area contributed by atoms with Crippen LogP contribution in [0, 0.1) is 10.1 Å². The van der Waals surface area contributed by atoms with Gasteiger partial charge in [-0.3, -0.25) is 19.7 Å². The molecule has 0 saturated heterocycles. The van der Waals surface area contributed by atoms with Crippen molar-refractivity contribution in [3.05, 3.63) is 81.2 Å². The number of rotatable bonds is 9. The van der Waals surface area contributed by atoms with E-state index in [1.807, 2.05) is 0 Å². The number of carbonyl (C=O) groups excluding carboxylic acids is 2. The molecule has 2 aromatic carbocycles. The third kappa shape index (κ3) is 6.77. The van der Waals surface area contributed by atoms with Crippen molar-refractivity contribution in [2.45, 2.75) is 57.5 Å². The second kappa shape index (κ2) is 12.5. The van der Waals surface area contributed by atoms with Crippen molar-refractivity contribution in [1.82, 2.24) is 9.90 Å². The smallest absolute Gasteiger partial charge is 0.485 e. The molecule has 0 bridgehead atoms. The van der Waals surface area contributed by atoms with Crippen LogP contribution in [0.4, 0.5) is 18.9 Å². The van der Waals surface area contributed by atoms with E-state index in [2.05, 4.69) is 12.1 Å². The first kappa shape index (κ1) is 30.6. The number of benzene rings is 2. The number of halogens is 3. The van der Waals surface area contributed by atoms with E-state index in [9.17, 15) is 32.9 Å². The van der Waals surface area contributed by atoms with E-state index in [0.29, 0.717) is 23.4 Å². The summed E-state index contributed by atoms with van der Waals surface area (Å²) in [6.45, 7) is 2.70. The molecule has 0 saturated carbocycles. The standard InChI is InChI=1S/C24H25N4O4.CHF3O3S/c1-2-3-4-5-6-9-16-26-21-22(24(30)20-11-8-7-10-19(20)23(21)29)27(25-26)17-12-14-18(15-13-17)28(31)32;2-1(3,4)8(5,6)7/h7-8,10-15H,2-6,9,16H2,1H3;(H,5,6,7)/q+1;/p-1. The van der Waals surface area contributed by atoms with Gasteiger partial charge in [0.2, 0.25) is 17.3 Å². The van der Waals surface area contributed by atoms with E-state index in [-0.39, 0.29) is 28.6 Å². The van der Waals surface area contributed by atoms with Crippen molar-refractivity contribution in [3.63, 3.8) is 0 Å². The molecule has 11 nitrogen and oxygen atoms in total. The Bertz CT molecular complexity index is 1520. The van der Waals surface area contributed by atoms with Crippen molar-refractivity contribution in [2.24, 2.45) is 0 Å². The first-order valence-corrected chi connectivity index (χ1v) is 13.7. The van der Waals surface area contributed by atoms with Crippen molar-refractivity contribution in [2.75, 3.05) is 0 Å². The molecule has 0 amide bonds. The normalized spacial score (nSPS) is 12.8. The van der Waals surface area contributed by atoms with Gasteiger partial charge in [0, 0.05) is 23.3 Å². The summed E-state index contributed by atoms with van der Waals surface area (Å²) in [6, 6.07) is 12.6. The number of nitrogens with zero attached hydrogens (tertiary/aromatic N) is 4. The zero-order valence-corrected chi connectivity index (χ0v) is 22.1. The molecule has 1 aromatic heterocycles. The summed E-state index contributed by atoms with van der Waals surface area (Å²) >= 11 is 0. The highest BCUT2D eigenvalue weighted by atomic mass is 32.2. The molecule has 0 aliphatic heterocycles. The summed E-state index contributed by atoms with van der Waals surface area (Å²) in [4.78, 5) is 37.2. The third-order valence-electron chi connectivity index (χ3n) is 6.05. The zero-order chi connectivity index (χ0) is 29.7. The fraction of sp³-hybridized carbons (Fsp3) is 0.360. The zero-order valence-electron chi connectivity index (χ0n) is 21.3. The lowest BCUT2D eigenvalue weighted by molar-refractivity contribution is -0.756. The summed E-state index contributed by atoms with van der Waals surface area (Å²) < 4.78 is 62.0. The molecule has 4 rings (SSSR count). The lowest BCUT2D eigenvalue weighted by Gasteiger charge is -2.11. The van der Waals surface area contributed by atoms with Gasteiger partial charge < -0.3 is 4.55 Å². The highest BCUT2D eigenvalue weighted by Gasteiger charge is 2.43. The predicted molar refractivity (Wildman–Crippen MR) is 133 cm³/mol. The summed E-state index contributed by atoms with van der Waals surface area (Å²) in [5, 5.41) is 15.6. The van der Waals surface area contributed by atoms with Gasteiger partial charge in [-0.15, -0.1) is 4.68 Å². The van der Waals surface area contributed by atoms with Crippen molar-refractivity contribution < 1.29 is 45.3 Å². The molecule has 3 aromatic rings. The SMILES string of the molecule is CCCCCCCC[n+]1nn(-c2ccc([N+](=O)[O-])cc2)c2c1C(=O)c1ccccc1C2=O.O=S(=O)([O-])C(F)(F)F. The van der Waals surface area contributed by atoms with Crippen LogP contribution in [-0.2, 0) is 16.7 Å². The number of hydrogen-bond acceptors (Lipinski definition) is 8. The minimum atomic E-state index is -6.09. The van der Waals surface area contributed by atoms with E-state index in [4.69, 9.17) is 13.0 Å². The van der Waals surface area contributed by atoms with Gasteiger partial charge >= 0.3 is 5.51 Å². The highest BCUT2D eigenvalue weighted by molar-refractivity contribution is 7.86. The monoisotopic (exact) mass is 582 g/mol. The van der Waals surface area contributed by atoms with Gasteiger partial charge in [-0.05, 0) is 25.0 Å². The number of aryl methyl sites for hydroxylation is 1. The molecule has 0 N–H and O–H groups in total. The lowest BCUT2D eigenvalue weighted by Crippen LogP contribution is -2.43. The molecule has 40 heavy (non-hydrogen) atoms. The largest absolute Gasteiger partial charge is 0.741 e. The molecule has 0 spiro atoms. The van der Waals surface area contributed by atoms with Crippen LogP contribution in [0.15, 0.2) is 48.5 Å². The first-order chi connectivity index (χ1) is 18.8. The van der Waals surface area contributed by atoms with E-state index in [1.54, 1.807) is 41.1 Å². The van der Waals surface area contributed by atoms with E-state index in [0.717, 1.165) is 19.3 Å². The second-order valence-electron chi connectivity index (χ2n) is 8.87. The lowest BCUT2D eigenvalue weighted by atomic mass is 9.89. The second-order valence-corrected chi connectivity index (χ2v) is 10.2. The van der Waals surface area contributed by atoms with Gasteiger partial charge in [-0.2, -0.15) is 13.2 Å². The molecular formula is C25H25F3N4O7S. The summed E-state index contributed by atoms with van der Waals surface area (Å²) in [6.07, 6.45) is 6.56. The number of ketones is 2. The maximum absolute atomic E-state index is 13.3. The van der Waals surface area contributed by atoms with E-state index >= 15 is 0 Å². The van der Waals surface area contributed by atoms with Crippen LogP contribution in [0.5, 0.6) is 0 Å². The van der Waals surface area contributed by atoms with Gasteiger partial charge in [0.15, 0.2) is 15.8 Å². The number of hydrogen-bond donors (Lipinski definition) is 0. The minimum absolute atomic E-state index is 0.0533. The number of nitro benzene ring substituents is 1. The number of aromatic nitrogens is 3. The average molecular weight is 583 g/mol. The molecule has 15 heteroatoms. The fourth-order valence-electron chi connectivity index (χ4n) is 4.08. The van der Waals surface area contributed by atoms with E-state index < -0.39 is 20.5 Å². The van der Waals surface area contributed by atoms with E-state index in [1.165, 1.54) is 36.1 Å². The summed E-state index contributed by atoms with van der Waals surface area (Å²) in [5.74, 6) is -0.503. The number of alkyl halides is 3. The topological polar surface area (TPSA) is 156 Å².